The number of thiophene rings is 1. The molecule has 5 heterocycles. The molecule has 0 aliphatic heterocycles. The van der Waals surface area contributed by atoms with Gasteiger partial charge in [0.1, 0.15) is 40.3 Å². The van der Waals surface area contributed by atoms with Crippen molar-refractivity contribution in [1.82, 2.24) is 19.5 Å². The Labute approximate surface area is 436 Å². The van der Waals surface area contributed by atoms with Gasteiger partial charge in [-0.1, -0.05) is 153 Å². The Morgan fingerprint density at radius 2 is 1.27 bits per heavy atom. The fraction of sp³-hybridized carbons (Fsp3) is 0.227. The van der Waals surface area contributed by atoms with Gasteiger partial charge in [-0.25, -0.2) is 15.0 Å². The van der Waals surface area contributed by atoms with Crippen LogP contribution in [0, 0.1) is 20.8 Å². The first-order valence-corrected chi connectivity index (χ1v) is 26.4. The van der Waals surface area contributed by atoms with E-state index in [2.05, 4.69) is 209 Å². The van der Waals surface area contributed by atoms with Crippen molar-refractivity contribution in [2.24, 2.45) is 0 Å². The van der Waals surface area contributed by atoms with Crippen LogP contribution in [0.3, 0.4) is 0 Å². The van der Waals surface area contributed by atoms with Gasteiger partial charge in [-0.15, -0.1) is 11.3 Å². The molecule has 0 fully saturated rings. The number of furan rings is 2. The molecule has 0 amide bonds. The molecular formula is C66H60N4O3S. The first-order chi connectivity index (χ1) is 35.2. The smallest absolute Gasteiger partial charge is 0.171 e. The molecule has 5 aromatic heterocycles. The number of imidazole rings is 1. The Hall–Kier alpha value is -7.81. The third kappa shape index (κ3) is 7.72. The molecule has 0 unspecified atom stereocenters. The van der Waals surface area contributed by atoms with E-state index < -0.39 is 0 Å². The second kappa shape index (κ2) is 16.9. The molecule has 0 spiro atoms. The molecule has 0 aliphatic rings. The summed E-state index contributed by atoms with van der Waals surface area (Å²) in [6.07, 6.45) is 1.64. The summed E-state index contributed by atoms with van der Waals surface area (Å²) in [7, 11) is 0. The summed E-state index contributed by atoms with van der Waals surface area (Å²) in [4.78, 5) is 15.7. The number of aromatic hydroxyl groups is 1. The molecule has 0 bridgehead atoms. The second-order valence-corrected chi connectivity index (χ2v) is 24.3. The van der Waals surface area contributed by atoms with E-state index in [0.717, 1.165) is 115 Å². The number of nitrogens with zero attached hydrogens (tertiary/aromatic N) is 4. The van der Waals surface area contributed by atoms with Crippen molar-refractivity contribution >= 4 is 64.8 Å². The summed E-state index contributed by atoms with van der Waals surface area (Å²) in [6.45, 7) is 26.4. The zero-order chi connectivity index (χ0) is 51.7. The van der Waals surface area contributed by atoms with Crippen LogP contribution in [0.2, 0.25) is 0 Å². The van der Waals surface area contributed by atoms with Crippen LogP contribution in [0.25, 0.3) is 115 Å². The number of hydrogen-bond donors (Lipinski definition) is 1. The maximum Gasteiger partial charge on any atom is 0.171 e. The Balaban J connectivity index is 1.15. The lowest BCUT2D eigenvalue weighted by Gasteiger charge is -2.28. The average molecular weight is 989 g/mol. The molecule has 1 N–H and O–H groups in total. The zero-order valence-electron chi connectivity index (χ0n) is 44.2. The minimum Gasteiger partial charge on any atom is -0.507 e. The number of phenolic OH excluding ortho intramolecular Hbond substituents is 1. The topological polar surface area (TPSA) is 90.1 Å². The van der Waals surface area contributed by atoms with Crippen molar-refractivity contribution in [1.29, 1.82) is 0 Å². The van der Waals surface area contributed by atoms with Crippen LogP contribution in [-0.4, -0.2) is 24.6 Å². The maximum atomic E-state index is 12.7. The molecule has 368 valence electrons. The van der Waals surface area contributed by atoms with Gasteiger partial charge in [0.2, 0.25) is 0 Å². The molecule has 0 saturated carbocycles. The van der Waals surface area contributed by atoms with Gasteiger partial charge >= 0.3 is 0 Å². The first kappa shape index (κ1) is 47.2. The van der Waals surface area contributed by atoms with E-state index in [-0.39, 0.29) is 22.0 Å². The summed E-state index contributed by atoms with van der Waals surface area (Å²) in [6, 6.07) is 47.4. The van der Waals surface area contributed by atoms with Gasteiger partial charge in [0.25, 0.3) is 0 Å². The van der Waals surface area contributed by atoms with Crippen molar-refractivity contribution < 1.29 is 13.9 Å². The fourth-order valence-electron chi connectivity index (χ4n) is 11.0. The number of aryl methyl sites for hydroxylation is 3. The highest BCUT2D eigenvalue weighted by molar-refractivity contribution is 7.26. The summed E-state index contributed by atoms with van der Waals surface area (Å²) in [5.74, 6) is 1.73. The van der Waals surface area contributed by atoms with Gasteiger partial charge in [-0.05, 0) is 113 Å². The molecule has 0 radical (unpaired) electrons. The van der Waals surface area contributed by atoms with Crippen molar-refractivity contribution in [2.45, 2.75) is 99.3 Å². The van der Waals surface area contributed by atoms with Crippen molar-refractivity contribution in [3.05, 3.63) is 173 Å². The molecule has 12 rings (SSSR count). The van der Waals surface area contributed by atoms with E-state index in [9.17, 15) is 5.11 Å². The van der Waals surface area contributed by atoms with Gasteiger partial charge in [-0.3, -0.25) is 4.57 Å². The number of fused-ring (bicyclic) bond motifs is 7. The third-order valence-corrected chi connectivity index (χ3v) is 15.9. The Morgan fingerprint density at radius 1 is 0.554 bits per heavy atom. The predicted octanol–water partition coefficient (Wildman–Crippen LogP) is 18.5. The fourth-order valence-corrected chi connectivity index (χ4v) is 12.1. The third-order valence-electron chi connectivity index (χ3n) is 14.8. The van der Waals surface area contributed by atoms with Gasteiger partial charge in [0, 0.05) is 44.7 Å². The van der Waals surface area contributed by atoms with Crippen molar-refractivity contribution in [3.8, 4) is 67.7 Å². The highest BCUT2D eigenvalue weighted by atomic mass is 32.1. The monoisotopic (exact) mass is 988 g/mol. The molecular weight excluding hydrogens is 929 g/mol. The molecule has 74 heavy (non-hydrogen) atoms. The molecule has 7 nitrogen and oxygen atoms in total. The van der Waals surface area contributed by atoms with Crippen molar-refractivity contribution in [2.75, 3.05) is 0 Å². The Kier molecular flexibility index (Phi) is 10.8. The molecule has 0 aliphatic carbocycles. The summed E-state index contributed by atoms with van der Waals surface area (Å²) in [5, 5.41) is 14.7. The van der Waals surface area contributed by atoms with Crippen LogP contribution < -0.4 is 0 Å². The highest BCUT2D eigenvalue weighted by Crippen LogP contribution is 2.49. The van der Waals surface area contributed by atoms with E-state index >= 15 is 0 Å². The standard InChI is InChI=1S/C66H60N4O3S/c1-36-27-37(2)55(38(3)28-36)53-34-54-61(73-53)58-62(74-54)57(67-35-68-58)47-30-40(29-46-44-21-16-17-24-52(44)72-60(46)47)43-22-18-23-51-56(43)69-63(48-32-42(65(7,8)9)33-49(59(48)71)66(10,11)12)70(51)50-26-25-41(64(4,5)6)31-45(50)39-19-14-13-15-20-39/h13-35,71H,1-12H3. The van der Waals surface area contributed by atoms with Crippen LogP contribution in [0.15, 0.2) is 149 Å². The van der Waals surface area contributed by atoms with Crippen LogP contribution in [0.1, 0.15) is 95.7 Å². The molecule has 12 aromatic rings. The molecule has 0 saturated heterocycles. The zero-order valence-corrected chi connectivity index (χ0v) is 45.1. The number of rotatable bonds is 6. The van der Waals surface area contributed by atoms with Crippen LogP contribution in [-0.2, 0) is 16.2 Å². The minimum absolute atomic E-state index is 0.103. The van der Waals surface area contributed by atoms with Crippen LogP contribution in [0.4, 0.5) is 0 Å². The SMILES string of the molecule is Cc1cc(C)c(-c2cc3sc4c(-c5cc(-c6cccc7c6nc(-c6cc(C(C)(C)C)cc(C(C)(C)C)c6O)n7-c6ccc(C(C)(C)C)cc6-c6ccccc6)cc6c5oc5ccccc56)ncnc4c3o2)c(C)c1. The number of phenols is 1. The number of para-hydroxylation sites is 2. The van der Waals surface area contributed by atoms with Crippen LogP contribution in [0.5, 0.6) is 5.75 Å². The lowest BCUT2D eigenvalue weighted by Crippen LogP contribution is -2.17. The normalized spacial score (nSPS) is 12.6. The quantitative estimate of drug-likeness (QED) is 0.178. The van der Waals surface area contributed by atoms with E-state index in [1.54, 1.807) is 17.7 Å². The van der Waals surface area contributed by atoms with E-state index in [4.69, 9.17) is 23.8 Å². The Bertz CT molecular complexity index is 4220. The summed E-state index contributed by atoms with van der Waals surface area (Å²) < 4.78 is 17.8. The molecule has 8 heteroatoms. The van der Waals surface area contributed by atoms with E-state index in [1.807, 2.05) is 12.1 Å². The van der Waals surface area contributed by atoms with Gasteiger partial charge < -0.3 is 13.9 Å². The maximum absolute atomic E-state index is 12.7. The second-order valence-electron chi connectivity index (χ2n) is 23.3. The van der Waals surface area contributed by atoms with E-state index in [1.165, 1.54) is 22.3 Å². The first-order valence-electron chi connectivity index (χ1n) is 25.5. The lowest BCUT2D eigenvalue weighted by molar-refractivity contribution is 0.446. The lowest BCUT2D eigenvalue weighted by atomic mass is 9.79. The molecule has 7 aromatic carbocycles. The molecule has 0 atom stereocenters. The highest BCUT2D eigenvalue weighted by Gasteiger charge is 2.31. The van der Waals surface area contributed by atoms with Crippen molar-refractivity contribution in [3.63, 3.8) is 0 Å². The van der Waals surface area contributed by atoms with Gasteiger partial charge in [0.05, 0.1) is 37.4 Å². The summed E-state index contributed by atoms with van der Waals surface area (Å²) in [5.41, 5.74) is 19.3. The number of aromatic nitrogens is 4. The number of hydrogen-bond acceptors (Lipinski definition) is 7. The van der Waals surface area contributed by atoms with E-state index in [0.29, 0.717) is 11.4 Å². The Morgan fingerprint density at radius 3 is 2.00 bits per heavy atom. The van der Waals surface area contributed by atoms with Crippen LogP contribution >= 0.6 is 11.3 Å². The number of benzene rings is 7. The van der Waals surface area contributed by atoms with Gasteiger partial charge in [-0.2, -0.15) is 0 Å². The minimum atomic E-state index is -0.357. The summed E-state index contributed by atoms with van der Waals surface area (Å²) >= 11 is 1.64. The van der Waals surface area contributed by atoms with Gasteiger partial charge in [0.15, 0.2) is 5.58 Å². The predicted molar refractivity (Wildman–Crippen MR) is 308 cm³/mol. The average Bonchev–Trinajstić information content (AvgIpc) is 4.14. The largest absolute Gasteiger partial charge is 0.507 e.